The monoisotopic (exact) mass is 283 g/mol. The van der Waals surface area contributed by atoms with Gasteiger partial charge in [0.25, 0.3) is 0 Å². The zero-order valence-corrected chi connectivity index (χ0v) is 13.4. The summed E-state index contributed by atoms with van der Waals surface area (Å²) in [5.41, 5.74) is 2.12. The molecule has 0 heterocycles. The Balaban J connectivity index is 2.84. The van der Waals surface area contributed by atoms with E-state index < -0.39 is 0 Å². The highest BCUT2D eigenvalue weighted by Crippen LogP contribution is 2.21. The first-order valence-electron chi connectivity index (χ1n) is 7.31. The SMILES string of the molecule is C/C=C/C(=C\C(=N)Cc1ccccc1)C(=O)CC(C)(C)C. The molecule has 0 aliphatic heterocycles. The van der Waals surface area contributed by atoms with E-state index in [4.69, 9.17) is 5.41 Å². The molecule has 112 valence electrons. The van der Waals surface area contributed by atoms with Gasteiger partial charge in [0.1, 0.15) is 0 Å². The number of hydrogen-bond acceptors (Lipinski definition) is 2. The first-order chi connectivity index (χ1) is 9.81. The molecule has 0 fully saturated rings. The van der Waals surface area contributed by atoms with Crippen molar-refractivity contribution in [1.82, 2.24) is 0 Å². The fourth-order valence-electron chi connectivity index (χ4n) is 2.04. The maximum absolute atomic E-state index is 12.3. The topological polar surface area (TPSA) is 40.9 Å². The molecule has 1 N–H and O–H groups in total. The van der Waals surface area contributed by atoms with Crippen LogP contribution >= 0.6 is 0 Å². The maximum Gasteiger partial charge on any atom is 0.163 e. The largest absolute Gasteiger partial charge is 0.305 e. The second-order valence-electron chi connectivity index (χ2n) is 6.45. The molecule has 0 aliphatic rings. The molecule has 0 atom stereocenters. The fraction of sp³-hybridized carbons (Fsp3) is 0.368. The van der Waals surface area contributed by atoms with Crippen LogP contribution in [0.25, 0.3) is 0 Å². The molecular formula is C19H25NO. The normalized spacial score (nSPS) is 12.7. The lowest BCUT2D eigenvalue weighted by Gasteiger charge is -2.17. The van der Waals surface area contributed by atoms with E-state index in [-0.39, 0.29) is 11.2 Å². The quantitative estimate of drug-likeness (QED) is 0.456. The lowest BCUT2D eigenvalue weighted by Crippen LogP contribution is -2.15. The Bertz CT molecular complexity index is 545. The van der Waals surface area contributed by atoms with E-state index in [0.29, 0.717) is 24.1 Å². The summed E-state index contributed by atoms with van der Waals surface area (Å²) in [6.45, 7) is 8.04. The minimum atomic E-state index is -0.0423. The lowest BCUT2D eigenvalue weighted by molar-refractivity contribution is -0.116. The molecule has 0 bridgehead atoms. The van der Waals surface area contributed by atoms with Crippen LogP contribution in [0.3, 0.4) is 0 Å². The molecule has 0 amide bonds. The van der Waals surface area contributed by atoms with Gasteiger partial charge in [0.15, 0.2) is 5.78 Å². The average Bonchev–Trinajstić information content (AvgIpc) is 2.37. The van der Waals surface area contributed by atoms with Gasteiger partial charge in [-0.1, -0.05) is 63.3 Å². The van der Waals surface area contributed by atoms with Gasteiger partial charge >= 0.3 is 0 Å². The predicted octanol–water partition coefficient (Wildman–Crippen LogP) is 4.76. The summed E-state index contributed by atoms with van der Waals surface area (Å²) in [6, 6.07) is 9.87. The van der Waals surface area contributed by atoms with Gasteiger partial charge < -0.3 is 5.41 Å². The zero-order valence-electron chi connectivity index (χ0n) is 13.4. The van der Waals surface area contributed by atoms with Gasteiger partial charge in [0.05, 0.1) is 0 Å². The standard InChI is InChI=1S/C19H25NO/c1-5-9-16(18(21)14-19(2,3)4)13-17(20)12-15-10-7-6-8-11-15/h5-11,13,20H,12,14H2,1-4H3/b9-5+,16-13+,20-17?. The minimum absolute atomic E-state index is 0.0423. The van der Waals surface area contributed by atoms with Crippen LogP contribution in [0.15, 0.2) is 54.1 Å². The second-order valence-corrected chi connectivity index (χ2v) is 6.45. The summed E-state index contributed by atoms with van der Waals surface area (Å²) in [5.74, 6) is 0.0958. The van der Waals surface area contributed by atoms with Crippen LogP contribution in [0.1, 0.15) is 39.7 Å². The van der Waals surface area contributed by atoms with Crippen LogP contribution in [0.2, 0.25) is 0 Å². The molecule has 1 aromatic carbocycles. The summed E-state index contributed by atoms with van der Waals surface area (Å²) in [6.07, 6.45) is 6.38. The van der Waals surface area contributed by atoms with Gasteiger partial charge in [-0.15, -0.1) is 0 Å². The van der Waals surface area contributed by atoms with Crippen molar-refractivity contribution >= 4 is 11.5 Å². The molecule has 0 aromatic heterocycles. The van der Waals surface area contributed by atoms with E-state index >= 15 is 0 Å². The van der Waals surface area contributed by atoms with E-state index in [1.165, 1.54) is 0 Å². The first-order valence-corrected chi connectivity index (χ1v) is 7.31. The number of carbonyl (C=O) groups excluding carboxylic acids is 1. The predicted molar refractivity (Wildman–Crippen MR) is 89.8 cm³/mol. The first kappa shape index (κ1) is 17.1. The van der Waals surface area contributed by atoms with Crippen molar-refractivity contribution in [3.05, 3.63) is 59.7 Å². The number of nitrogens with one attached hydrogen (secondary N) is 1. The number of ketones is 1. The summed E-state index contributed by atoms with van der Waals surface area (Å²) in [7, 11) is 0. The Kier molecular flexibility index (Phi) is 6.29. The Labute approximate surface area is 128 Å². The van der Waals surface area contributed by atoms with Crippen LogP contribution in [0.4, 0.5) is 0 Å². The highest BCUT2D eigenvalue weighted by molar-refractivity contribution is 6.06. The molecule has 0 aliphatic carbocycles. The molecule has 1 rings (SSSR count). The molecule has 21 heavy (non-hydrogen) atoms. The summed E-state index contributed by atoms with van der Waals surface area (Å²) in [4.78, 5) is 12.3. The van der Waals surface area contributed by atoms with Gasteiger partial charge in [0, 0.05) is 24.1 Å². The highest BCUT2D eigenvalue weighted by atomic mass is 16.1. The van der Waals surface area contributed by atoms with Crippen LogP contribution < -0.4 is 0 Å². The van der Waals surface area contributed by atoms with E-state index in [1.54, 1.807) is 12.2 Å². The molecule has 1 aromatic rings. The molecule has 0 unspecified atom stereocenters. The number of benzene rings is 1. The van der Waals surface area contributed by atoms with Crippen molar-refractivity contribution in [1.29, 1.82) is 5.41 Å². The zero-order chi connectivity index (χ0) is 15.9. The van der Waals surface area contributed by atoms with E-state index in [2.05, 4.69) is 0 Å². The van der Waals surface area contributed by atoms with Gasteiger partial charge in [-0.3, -0.25) is 4.79 Å². The third-order valence-electron chi connectivity index (χ3n) is 2.93. The fourth-order valence-corrected chi connectivity index (χ4v) is 2.04. The third-order valence-corrected chi connectivity index (χ3v) is 2.93. The number of Topliss-reactive ketones (excluding diaryl/α,β-unsaturated/α-hetero) is 1. The minimum Gasteiger partial charge on any atom is -0.305 e. The van der Waals surface area contributed by atoms with Crippen LogP contribution in [-0.4, -0.2) is 11.5 Å². The third kappa shape index (κ3) is 6.84. The molecule has 0 spiro atoms. The van der Waals surface area contributed by atoms with Crippen LogP contribution in [-0.2, 0) is 11.2 Å². The van der Waals surface area contributed by atoms with Crippen molar-refractivity contribution < 1.29 is 4.79 Å². The smallest absolute Gasteiger partial charge is 0.163 e. The Morgan fingerprint density at radius 3 is 2.33 bits per heavy atom. The summed E-state index contributed by atoms with van der Waals surface area (Å²) in [5, 5.41) is 8.10. The molecule has 2 heteroatoms. The number of carbonyl (C=O) groups is 1. The Morgan fingerprint density at radius 1 is 1.19 bits per heavy atom. The number of rotatable bonds is 6. The van der Waals surface area contributed by atoms with Gasteiger partial charge in [-0.25, -0.2) is 0 Å². The molecule has 0 radical (unpaired) electrons. The van der Waals surface area contributed by atoms with Crippen molar-refractivity contribution in [2.45, 2.75) is 40.5 Å². The van der Waals surface area contributed by atoms with Crippen molar-refractivity contribution in [3.63, 3.8) is 0 Å². The summed E-state index contributed by atoms with van der Waals surface area (Å²) < 4.78 is 0. The highest BCUT2D eigenvalue weighted by Gasteiger charge is 2.18. The van der Waals surface area contributed by atoms with Crippen molar-refractivity contribution in [2.24, 2.45) is 5.41 Å². The van der Waals surface area contributed by atoms with Gasteiger partial charge in [-0.2, -0.15) is 0 Å². The Morgan fingerprint density at radius 2 is 1.81 bits per heavy atom. The maximum atomic E-state index is 12.3. The van der Waals surface area contributed by atoms with Crippen molar-refractivity contribution in [3.8, 4) is 0 Å². The van der Waals surface area contributed by atoms with E-state index in [1.807, 2.05) is 64.1 Å². The molecule has 0 saturated heterocycles. The molecule has 2 nitrogen and oxygen atoms in total. The van der Waals surface area contributed by atoms with Crippen LogP contribution in [0.5, 0.6) is 0 Å². The van der Waals surface area contributed by atoms with Crippen LogP contribution in [0, 0.1) is 10.8 Å². The number of allylic oxidation sites excluding steroid dienone is 4. The van der Waals surface area contributed by atoms with E-state index in [0.717, 1.165) is 5.56 Å². The lowest BCUT2D eigenvalue weighted by atomic mass is 9.87. The van der Waals surface area contributed by atoms with Crippen molar-refractivity contribution in [2.75, 3.05) is 0 Å². The Hall–Kier alpha value is -1.96. The van der Waals surface area contributed by atoms with Gasteiger partial charge in [-0.05, 0) is 24.0 Å². The number of hydrogen-bond donors (Lipinski definition) is 1. The van der Waals surface area contributed by atoms with Gasteiger partial charge in [0.2, 0.25) is 0 Å². The average molecular weight is 283 g/mol. The molecule has 0 saturated carbocycles. The van der Waals surface area contributed by atoms with E-state index in [9.17, 15) is 4.79 Å². The second kappa shape index (κ2) is 7.72. The summed E-state index contributed by atoms with van der Waals surface area (Å²) >= 11 is 0. The molecular weight excluding hydrogens is 258 g/mol.